The first kappa shape index (κ1) is 7.47. The molecule has 62 valence electrons. The summed E-state index contributed by atoms with van der Waals surface area (Å²) < 4.78 is 12.8. The Balaban J connectivity index is 2.33. The topological polar surface area (TPSA) is 12.4 Å². The molecule has 2 rings (SSSR count). The number of nitrogens with zero attached hydrogens (tertiary/aromatic N) is 1. The quantitative estimate of drug-likeness (QED) is 0.520. The van der Waals surface area contributed by atoms with Crippen LogP contribution in [-0.2, 0) is 0 Å². The number of aliphatic imine (C=N–C) groups is 1. The van der Waals surface area contributed by atoms with E-state index in [-0.39, 0.29) is 11.9 Å². The highest BCUT2D eigenvalue weighted by atomic mass is 19.1. The lowest BCUT2D eigenvalue weighted by molar-refractivity contribution is 0.635. The predicted octanol–water partition coefficient (Wildman–Crippen LogP) is 2.57. The van der Waals surface area contributed by atoms with Crippen molar-refractivity contribution in [1.29, 1.82) is 0 Å². The summed E-state index contributed by atoms with van der Waals surface area (Å²) in [5.74, 6) is -0.138. The van der Waals surface area contributed by atoms with Gasteiger partial charge in [0, 0.05) is 5.71 Å². The van der Waals surface area contributed by atoms with Crippen LogP contribution in [-0.4, -0.2) is 11.8 Å². The summed E-state index contributed by atoms with van der Waals surface area (Å²) in [6.07, 6.45) is 7.70. The van der Waals surface area contributed by atoms with Gasteiger partial charge in [-0.05, 0) is 37.1 Å². The van der Waals surface area contributed by atoms with Crippen LogP contribution in [0.4, 0.5) is 4.39 Å². The molecule has 2 aliphatic rings. The highest BCUT2D eigenvalue weighted by Gasteiger charge is 2.17. The first-order valence-corrected chi connectivity index (χ1v) is 4.05. The van der Waals surface area contributed by atoms with Crippen molar-refractivity contribution in [2.75, 3.05) is 0 Å². The van der Waals surface area contributed by atoms with Crippen molar-refractivity contribution in [3.05, 3.63) is 35.7 Å². The monoisotopic (exact) mass is 163 g/mol. The second-order valence-corrected chi connectivity index (χ2v) is 3.09. The summed E-state index contributed by atoms with van der Waals surface area (Å²) in [6, 6.07) is 0.162. The molecule has 1 atom stereocenters. The molecule has 0 aromatic carbocycles. The van der Waals surface area contributed by atoms with Gasteiger partial charge in [-0.2, -0.15) is 0 Å². The zero-order valence-corrected chi connectivity index (χ0v) is 6.92. The van der Waals surface area contributed by atoms with Crippen molar-refractivity contribution in [2.24, 2.45) is 4.99 Å². The summed E-state index contributed by atoms with van der Waals surface area (Å²) in [7, 11) is 0. The molecule has 1 unspecified atom stereocenters. The van der Waals surface area contributed by atoms with Crippen LogP contribution in [0.5, 0.6) is 0 Å². The molecule has 0 saturated carbocycles. The molecular weight excluding hydrogens is 153 g/mol. The van der Waals surface area contributed by atoms with Crippen LogP contribution in [0.3, 0.4) is 0 Å². The van der Waals surface area contributed by atoms with Crippen LogP contribution in [0.15, 0.2) is 40.7 Å². The molecule has 0 aromatic heterocycles. The number of rotatable bonds is 0. The van der Waals surface area contributed by atoms with Gasteiger partial charge in [0.15, 0.2) is 0 Å². The number of dihydropyridines is 1. The lowest BCUT2D eigenvalue weighted by atomic mass is 9.96. The number of hydrogen-bond donors (Lipinski definition) is 0. The lowest BCUT2D eigenvalue weighted by Crippen LogP contribution is -2.14. The summed E-state index contributed by atoms with van der Waals surface area (Å²) in [6.45, 7) is 1.96. The van der Waals surface area contributed by atoms with Crippen LogP contribution < -0.4 is 0 Å². The minimum atomic E-state index is -0.138. The molecule has 1 aliphatic carbocycles. The summed E-state index contributed by atoms with van der Waals surface area (Å²) in [4.78, 5) is 4.39. The molecule has 0 saturated heterocycles. The highest BCUT2D eigenvalue weighted by molar-refractivity contribution is 5.94. The first-order chi connectivity index (χ1) is 5.75. The molecule has 1 aliphatic heterocycles. The van der Waals surface area contributed by atoms with Crippen LogP contribution in [0, 0.1) is 0 Å². The highest BCUT2D eigenvalue weighted by Crippen LogP contribution is 2.24. The van der Waals surface area contributed by atoms with Crippen molar-refractivity contribution >= 4 is 5.71 Å². The third kappa shape index (κ3) is 1.24. The second-order valence-electron chi connectivity index (χ2n) is 3.09. The Bertz CT molecular complexity index is 321. The molecule has 12 heavy (non-hydrogen) atoms. The largest absolute Gasteiger partial charge is 0.282 e. The van der Waals surface area contributed by atoms with Crippen molar-refractivity contribution in [3.63, 3.8) is 0 Å². The zero-order chi connectivity index (χ0) is 8.55. The minimum Gasteiger partial charge on any atom is -0.282 e. The molecule has 0 spiro atoms. The Morgan fingerprint density at radius 3 is 3.17 bits per heavy atom. The Kier molecular flexibility index (Phi) is 1.68. The SMILES string of the molecule is CC1=NC2CC=C(F)C=C2C=C1. The second kappa shape index (κ2) is 2.70. The van der Waals surface area contributed by atoms with E-state index in [4.69, 9.17) is 0 Å². The van der Waals surface area contributed by atoms with Gasteiger partial charge < -0.3 is 0 Å². The van der Waals surface area contributed by atoms with Crippen molar-refractivity contribution < 1.29 is 4.39 Å². The normalized spacial score (nSPS) is 27.2. The van der Waals surface area contributed by atoms with Crippen LogP contribution in [0.2, 0.25) is 0 Å². The minimum absolute atomic E-state index is 0.138. The molecular formula is C10H10FN. The fourth-order valence-corrected chi connectivity index (χ4v) is 1.47. The number of allylic oxidation sites excluding steroid dienone is 3. The van der Waals surface area contributed by atoms with E-state index in [2.05, 4.69) is 4.99 Å². The third-order valence-electron chi connectivity index (χ3n) is 2.10. The van der Waals surface area contributed by atoms with Crippen LogP contribution >= 0.6 is 0 Å². The van der Waals surface area contributed by atoms with E-state index in [1.165, 1.54) is 0 Å². The third-order valence-corrected chi connectivity index (χ3v) is 2.10. The van der Waals surface area contributed by atoms with Crippen molar-refractivity contribution in [1.82, 2.24) is 0 Å². The van der Waals surface area contributed by atoms with Crippen LogP contribution in [0.1, 0.15) is 13.3 Å². The molecule has 0 bridgehead atoms. The van der Waals surface area contributed by atoms with Gasteiger partial charge >= 0.3 is 0 Å². The summed E-state index contributed by atoms with van der Waals surface area (Å²) >= 11 is 0. The maximum absolute atomic E-state index is 12.8. The molecule has 1 nitrogen and oxygen atoms in total. The standard InChI is InChI=1S/C10H10FN/c1-7-2-3-8-6-9(11)4-5-10(8)12-7/h2-4,6,10H,5H2,1H3. The van der Waals surface area contributed by atoms with E-state index in [9.17, 15) is 4.39 Å². The van der Waals surface area contributed by atoms with Gasteiger partial charge in [0.2, 0.25) is 0 Å². The molecule has 0 aromatic rings. The smallest absolute Gasteiger partial charge is 0.119 e. The molecule has 0 radical (unpaired) electrons. The molecule has 0 N–H and O–H groups in total. The van der Waals surface area contributed by atoms with E-state index in [1.54, 1.807) is 12.2 Å². The van der Waals surface area contributed by atoms with Crippen molar-refractivity contribution in [2.45, 2.75) is 19.4 Å². The number of halogens is 1. The summed E-state index contributed by atoms with van der Waals surface area (Å²) in [5.41, 5.74) is 2.01. The predicted molar refractivity (Wildman–Crippen MR) is 47.9 cm³/mol. The maximum atomic E-state index is 12.8. The van der Waals surface area contributed by atoms with E-state index >= 15 is 0 Å². The fourth-order valence-electron chi connectivity index (χ4n) is 1.47. The van der Waals surface area contributed by atoms with E-state index < -0.39 is 0 Å². The van der Waals surface area contributed by atoms with E-state index in [0.717, 1.165) is 11.3 Å². The molecule has 0 amide bonds. The summed E-state index contributed by atoms with van der Waals surface area (Å²) in [5, 5.41) is 0. The zero-order valence-electron chi connectivity index (χ0n) is 6.92. The van der Waals surface area contributed by atoms with Gasteiger partial charge in [-0.15, -0.1) is 0 Å². The first-order valence-electron chi connectivity index (χ1n) is 4.05. The Morgan fingerprint density at radius 1 is 1.50 bits per heavy atom. The number of hydrogen-bond acceptors (Lipinski definition) is 1. The van der Waals surface area contributed by atoms with Gasteiger partial charge in [0.25, 0.3) is 0 Å². The average Bonchev–Trinajstić information content (AvgIpc) is 2.05. The van der Waals surface area contributed by atoms with Gasteiger partial charge in [0.1, 0.15) is 5.83 Å². The molecule has 1 heterocycles. The maximum Gasteiger partial charge on any atom is 0.119 e. The van der Waals surface area contributed by atoms with Crippen molar-refractivity contribution in [3.8, 4) is 0 Å². The molecule has 2 heteroatoms. The Labute approximate surface area is 71.0 Å². The Hall–Kier alpha value is -1.18. The van der Waals surface area contributed by atoms with Gasteiger partial charge in [-0.3, -0.25) is 4.99 Å². The lowest BCUT2D eigenvalue weighted by Gasteiger charge is -2.19. The van der Waals surface area contributed by atoms with Gasteiger partial charge in [-0.1, -0.05) is 6.08 Å². The fraction of sp³-hybridized carbons (Fsp3) is 0.300. The number of fused-ring (bicyclic) bond motifs is 1. The van der Waals surface area contributed by atoms with Crippen LogP contribution in [0.25, 0.3) is 0 Å². The average molecular weight is 163 g/mol. The Morgan fingerprint density at radius 2 is 2.33 bits per heavy atom. The van der Waals surface area contributed by atoms with Gasteiger partial charge in [-0.25, -0.2) is 4.39 Å². The van der Waals surface area contributed by atoms with Gasteiger partial charge in [0.05, 0.1) is 6.04 Å². The molecule has 0 fully saturated rings. The van der Waals surface area contributed by atoms with E-state index in [0.29, 0.717) is 6.42 Å². The van der Waals surface area contributed by atoms with E-state index in [1.807, 2.05) is 19.1 Å².